The van der Waals surface area contributed by atoms with E-state index in [0.717, 1.165) is 0 Å². The van der Waals surface area contributed by atoms with E-state index in [1.165, 1.54) is 44.5 Å². The standard InChI is InChI=1S/C30H28B2N2/c1-33(2)31-29(25-17-9-5-13-21(25)22-14-6-10-18-26(22)29)30(32(31)34(3)4)27-19-11-7-15-23(27)24-16-8-12-20-28(24)30/h5-20H,1-4H3. The van der Waals surface area contributed by atoms with Crippen LogP contribution < -0.4 is 0 Å². The molecule has 0 radical (unpaired) electrons. The van der Waals surface area contributed by atoms with Crippen molar-refractivity contribution in [3.05, 3.63) is 119 Å². The SMILES string of the molecule is CN(C)B1B(N(C)C)C2(c3ccccc3-c3ccccc32)C12c1ccccc1-c1ccccc12. The Labute approximate surface area is 203 Å². The minimum absolute atomic E-state index is 0.179. The van der Waals surface area contributed by atoms with E-state index >= 15 is 0 Å². The Morgan fingerprint density at radius 1 is 0.412 bits per heavy atom. The molecule has 1 saturated heterocycles. The lowest BCUT2D eigenvalue weighted by molar-refractivity contribution is 0.430. The number of benzene rings is 4. The maximum atomic E-state index is 2.48. The van der Waals surface area contributed by atoms with Crippen LogP contribution in [0.3, 0.4) is 0 Å². The summed E-state index contributed by atoms with van der Waals surface area (Å²) in [7, 11) is 9.08. The highest BCUT2D eigenvalue weighted by molar-refractivity contribution is 7.28. The Balaban J connectivity index is 1.71. The summed E-state index contributed by atoms with van der Waals surface area (Å²) in [6.07, 6.45) is 0. The first-order valence-corrected chi connectivity index (χ1v) is 12.3. The summed E-state index contributed by atoms with van der Waals surface area (Å²) >= 11 is 0. The molecule has 0 amide bonds. The predicted molar refractivity (Wildman–Crippen MR) is 144 cm³/mol. The second kappa shape index (κ2) is 6.75. The van der Waals surface area contributed by atoms with Gasteiger partial charge in [-0.15, -0.1) is 0 Å². The highest BCUT2D eigenvalue weighted by Gasteiger charge is 2.82. The molecule has 3 aliphatic rings. The van der Waals surface area contributed by atoms with Crippen molar-refractivity contribution < 1.29 is 0 Å². The van der Waals surface area contributed by atoms with Gasteiger partial charge in [0, 0.05) is 10.6 Å². The van der Waals surface area contributed by atoms with Crippen molar-refractivity contribution >= 4 is 13.5 Å². The average Bonchev–Trinajstić information content (AvgIpc) is 3.33. The molecule has 2 aliphatic carbocycles. The molecular formula is C30H28B2N2. The summed E-state index contributed by atoms with van der Waals surface area (Å²) in [4.78, 5) is 4.97. The Morgan fingerprint density at radius 3 is 0.882 bits per heavy atom. The Morgan fingerprint density at radius 2 is 0.647 bits per heavy atom. The lowest BCUT2D eigenvalue weighted by Gasteiger charge is -2.68. The molecule has 0 unspecified atom stereocenters. The summed E-state index contributed by atoms with van der Waals surface area (Å²) in [5, 5.41) is -0.358. The lowest BCUT2D eigenvalue weighted by Crippen LogP contribution is -2.89. The predicted octanol–water partition coefficient (Wildman–Crippen LogP) is 5.20. The van der Waals surface area contributed by atoms with Crippen LogP contribution >= 0.6 is 0 Å². The van der Waals surface area contributed by atoms with Gasteiger partial charge in [-0.25, -0.2) is 0 Å². The van der Waals surface area contributed by atoms with E-state index < -0.39 is 0 Å². The van der Waals surface area contributed by atoms with Gasteiger partial charge < -0.3 is 9.62 Å². The molecule has 2 spiro atoms. The molecule has 0 saturated carbocycles. The van der Waals surface area contributed by atoms with Gasteiger partial charge in [-0.1, -0.05) is 97.1 Å². The quantitative estimate of drug-likeness (QED) is 0.398. The number of fused-ring (bicyclic) bond motifs is 11. The Kier molecular flexibility index (Phi) is 4.03. The molecule has 4 heteroatoms. The molecule has 1 heterocycles. The van der Waals surface area contributed by atoms with Crippen molar-refractivity contribution in [2.75, 3.05) is 28.2 Å². The molecule has 34 heavy (non-hydrogen) atoms. The number of hydrogen-bond acceptors (Lipinski definition) is 2. The van der Waals surface area contributed by atoms with Gasteiger partial charge in [-0.2, -0.15) is 0 Å². The normalized spacial score (nSPS) is 17.7. The van der Waals surface area contributed by atoms with Gasteiger partial charge in [-0.3, -0.25) is 0 Å². The molecule has 0 N–H and O–H groups in total. The van der Waals surface area contributed by atoms with Gasteiger partial charge in [-0.05, 0) is 72.7 Å². The van der Waals surface area contributed by atoms with Crippen LogP contribution in [0, 0.1) is 0 Å². The third kappa shape index (κ3) is 2.01. The van der Waals surface area contributed by atoms with Crippen molar-refractivity contribution in [2.45, 2.75) is 10.6 Å². The van der Waals surface area contributed by atoms with E-state index in [4.69, 9.17) is 0 Å². The molecule has 0 aromatic heterocycles. The fourth-order valence-electron chi connectivity index (χ4n) is 8.21. The summed E-state index contributed by atoms with van der Waals surface area (Å²) in [6, 6.07) is 36.7. The van der Waals surface area contributed by atoms with E-state index in [0.29, 0.717) is 13.5 Å². The van der Waals surface area contributed by atoms with Crippen molar-refractivity contribution in [3.63, 3.8) is 0 Å². The summed E-state index contributed by atoms with van der Waals surface area (Å²) in [5.41, 5.74) is 11.5. The maximum Gasteiger partial charge on any atom is 0.225 e. The fourth-order valence-corrected chi connectivity index (χ4v) is 8.21. The maximum absolute atomic E-state index is 2.48. The van der Waals surface area contributed by atoms with Gasteiger partial charge in [0.15, 0.2) is 0 Å². The minimum Gasteiger partial charge on any atom is -0.351 e. The van der Waals surface area contributed by atoms with Gasteiger partial charge in [0.05, 0.1) is 0 Å². The molecule has 1 aliphatic heterocycles. The number of rotatable bonds is 2. The zero-order valence-electron chi connectivity index (χ0n) is 20.3. The Hall–Kier alpha value is -3.07. The van der Waals surface area contributed by atoms with Crippen molar-refractivity contribution in [1.29, 1.82) is 0 Å². The molecule has 1 fully saturated rings. The fraction of sp³-hybridized carbons (Fsp3) is 0.200. The first kappa shape index (κ1) is 20.3. The summed E-state index contributed by atoms with van der Waals surface area (Å²) in [6.45, 7) is 0.651. The van der Waals surface area contributed by atoms with Gasteiger partial charge in [0.1, 0.15) is 0 Å². The van der Waals surface area contributed by atoms with E-state index in [1.807, 2.05) is 0 Å². The monoisotopic (exact) mass is 438 g/mol. The Bertz CT molecular complexity index is 1260. The molecule has 4 aromatic carbocycles. The third-order valence-corrected chi connectivity index (χ3v) is 8.91. The summed E-state index contributed by atoms with van der Waals surface area (Å²) < 4.78 is 0. The second-order valence-electron chi connectivity index (χ2n) is 10.6. The molecular weight excluding hydrogens is 410 g/mol. The largest absolute Gasteiger partial charge is 0.351 e. The first-order valence-electron chi connectivity index (χ1n) is 12.3. The van der Waals surface area contributed by atoms with Gasteiger partial charge in [0.2, 0.25) is 13.5 Å². The van der Waals surface area contributed by atoms with Crippen LogP contribution in [-0.2, 0) is 10.6 Å². The average molecular weight is 438 g/mol. The molecule has 0 atom stereocenters. The van der Waals surface area contributed by atoms with Crippen molar-refractivity contribution in [1.82, 2.24) is 9.62 Å². The van der Waals surface area contributed by atoms with Crippen molar-refractivity contribution in [3.8, 4) is 22.3 Å². The zero-order chi connectivity index (χ0) is 23.2. The molecule has 4 aromatic rings. The topological polar surface area (TPSA) is 6.48 Å². The van der Waals surface area contributed by atoms with Crippen LogP contribution in [0.2, 0.25) is 0 Å². The van der Waals surface area contributed by atoms with E-state index in [9.17, 15) is 0 Å². The second-order valence-corrected chi connectivity index (χ2v) is 10.6. The van der Waals surface area contributed by atoms with Gasteiger partial charge >= 0.3 is 0 Å². The molecule has 0 bridgehead atoms. The molecule has 164 valence electrons. The smallest absolute Gasteiger partial charge is 0.225 e. The van der Waals surface area contributed by atoms with Gasteiger partial charge in [0.25, 0.3) is 0 Å². The number of nitrogens with zero attached hydrogens (tertiary/aromatic N) is 2. The van der Waals surface area contributed by atoms with E-state index in [2.05, 4.69) is 135 Å². The zero-order valence-corrected chi connectivity index (χ0v) is 20.3. The van der Waals surface area contributed by atoms with Crippen LogP contribution in [0.5, 0.6) is 0 Å². The van der Waals surface area contributed by atoms with Crippen molar-refractivity contribution in [2.24, 2.45) is 0 Å². The highest BCUT2D eigenvalue weighted by atomic mass is 15.1. The number of hydrogen-bond donors (Lipinski definition) is 0. The van der Waals surface area contributed by atoms with Crippen LogP contribution in [0.25, 0.3) is 22.3 Å². The summed E-state index contributed by atoms with van der Waals surface area (Å²) in [5.74, 6) is 0. The van der Waals surface area contributed by atoms with Crippen LogP contribution in [0.1, 0.15) is 22.3 Å². The minimum atomic E-state index is -0.179. The lowest BCUT2D eigenvalue weighted by atomic mass is 8.88. The molecule has 7 rings (SSSR count). The van der Waals surface area contributed by atoms with E-state index in [-0.39, 0.29) is 10.6 Å². The molecule has 2 nitrogen and oxygen atoms in total. The van der Waals surface area contributed by atoms with Crippen LogP contribution in [-0.4, -0.2) is 51.3 Å². The highest BCUT2D eigenvalue weighted by Crippen LogP contribution is 2.72. The first-order chi connectivity index (χ1) is 16.6. The third-order valence-electron chi connectivity index (χ3n) is 8.91. The van der Waals surface area contributed by atoms with Crippen LogP contribution in [0.4, 0.5) is 0 Å². The van der Waals surface area contributed by atoms with Crippen LogP contribution in [0.15, 0.2) is 97.1 Å². The van der Waals surface area contributed by atoms with E-state index in [1.54, 1.807) is 0 Å².